The molecule has 0 aliphatic carbocycles. The first-order valence-corrected chi connectivity index (χ1v) is 7.31. The van der Waals surface area contributed by atoms with Gasteiger partial charge in [-0.2, -0.15) is 10.4 Å². The van der Waals surface area contributed by atoms with Crippen LogP contribution in [0.2, 0.25) is 0 Å². The lowest BCUT2D eigenvalue weighted by Gasteiger charge is -2.00. The van der Waals surface area contributed by atoms with Crippen molar-refractivity contribution in [3.63, 3.8) is 0 Å². The van der Waals surface area contributed by atoms with Crippen molar-refractivity contribution in [2.75, 3.05) is 0 Å². The second kappa shape index (κ2) is 6.63. The monoisotopic (exact) mass is 314 g/mol. The van der Waals surface area contributed by atoms with Crippen LogP contribution < -0.4 is 5.73 Å². The van der Waals surface area contributed by atoms with Gasteiger partial charge in [-0.1, -0.05) is 48.5 Å². The van der Waals surface area contributed by atoms with Crippen LogP contribution in [0.15, 0.2) is 72.4 Å². The van der Waals surface area contributed by atoms with E-state index in [-0.39, 0.29) is 5.57 Å². The fraction of sp³-hybridized carbons (Fsp3) is 0. The Labute approximate surface area is 139 Å². The van der Waals surface area contributed by atoms with Crippen LogP contribution in [-0.2, 0) is 4.79 Å². The van der Waals surface area contributed by atoms with Crippen molar-refractivity contribution in [3.05, 3.63) is 78.0 Å². The smallest absolute Gasteiger partial charge is 0.259 e. The fourth-order valence-corrected chi connectivity index (χ4v) is 2.34. The number of hydrogen-bond acceptors (Lipinski definition) is 3. The zero-order chi connectivity index (χ0) is 16.9. The number of amides is 1. The molecule has 0 radical (unpaired) electrons. The van der Waals surface area contributed by atoms with Crippen molar-refractivity contribution < 1.29 is 4.79 Å². The number of hydrogen-bond donors (Lipinski definition) is 1. The van der Waals surface area contributed by atoms with E-state index in [2.05, 4.69) is 5.10 Å². The quantitative estimate of drug-likeness (QED) is 0.593. The maximum atomic E-state index is 11.4. The largest absolute Gasteiger partial charge is 0.365 e. The number of carbonyl (C=O) groups is 1. The predicted molar refractivity (Wildman–Crippen MR) is 91.8 cm³/mol. The molecule has 3 aromatic rings. The average molecular weight is 314 g/mol. The van der Waals surface area contributed by atoms with Gasteiger partial charge in [0, 0.05) is 17.3 Å². The summed E-state index contributed by atoms with van der Waals surface area (Å²) in [4.78, 5) is 11.4. The van der Waals surface area contributed by atoms with Gasteiger partial charge in [-0.25, -0.2) is 4.68 Å². The minimum Gasteiger partial charge on any atom is -0.365 e. The third-order valence-electron chi connectivity index (χ3n) is 3.50. The number of aromatic nitrogens is 2. The van der Waals surface area contributed by atoms with Crippen molar-refractivity contribution in [3.8, 4) is 23.0 Å². The molecule has 0 fully saturated rings. The second-order valence-corrected chi connectivity index (χ2v) is 5.11. The molecule has 0 aliphatic rings. The highest BCUT2D eigenvalue weighted by Gasteiger charge is 2.13. The van der Waals surface area contributed by atoms with E-state index in [0.717, 1.165) is 11.3 Å². The van der Waals surface area contributed by atoms with Gasteiger partial charge in [0.05, 0.1) is 11.4 Å². The molecule has 116 valence electrons. The molecule has 24 heavy (non-hydrogen) atoms. The average Bonchev–Trinajstić information content (AvgIpc) is 3.05. The molecule has 1 heterocycles. The fourth-order valence-electron chi connectivity index (χ4n) is 2.34. The highest BCUT2D eigenvalue weighted by molar-refractivity contribution is 6.01. The van der Waals surface area contributed by atoms with Gasteiger partial charge in [-0.05, 0) is 18.2 Å². The number of benzene rings is 2. The zero-order valence-corrected chi connectivity index (χ0v) is 12.8. The van der Waals surface area contributed by atoms with Gasteiger partial charge >= 0.3 is 0 Å². The van der Waals surface area contributed by atoms with Crippen molar-refractivity contribution in [2.24, 2.45) is 5.73 Å². The first kappa shape index (κ1) is 15.3. The molecule has 1 amide bonds. The Morgan fingerprint density at radius 3 is 2.29 bits per heavy atom. The van der Waals surface area contributed by atoms with E-state index in [1.165, 1.54) is 6.08 Å². The highest BCUT2D eigenvalue weighted by Crippen LogP contribution is 2.25. The summed E-state index contributed by atoms with van der Waals surface area (Å²) in [6.45, 7) is 0. The van der Waals surface area contributed by atoms with Crippen LogP contribution >= 0.6 is 0 Å². The summed E-state index contributed by atoms with van der Waals surface area (Å²) in [5.74, 6) is -0.760. The van der Waals surface area contributed by atoms with Crippen molar-refractivity contribution in [1.29, 1.82) is 5.26 Å². The van der Waals surface area contributed by atoms with Crippen LogP contribution in [0.3, 0.4) is 0 Å². The highest BCUT2D eigenvalue weighted by atomic mass is 16.1. The van der Waals surface area contributed by atoms with Crippen molar-refractivity contribution >= 4 is 12.0 Å². The van der Waals surface area contributed by atoms with Crippen LogP contribution in [0.4, 0.5) is 0 Å². The number of rotatable bonds is 4. The summed E-state index contributed by atoms with van der Waals surface area (Å²) in [6, 6.07) is 21.0. The molecular formula is C19H14N4O. The van der Waals surface area contributed by atoms with Gasteiger partial charge in [0.15, 0.2) is 0 Å². The van der Waals surface area contributed by atoms with E-state index in [4.69, 9.17) is 11.0 Å². The predicted octanol–water partition coefficient (Wildman–Crippen LogP) is 2.93. The van der Waals surface area contributed by atoms with Crippen LogP contribution in [0, 0.1) is 11.3 Å². The maximum absolute atomic E-state index is 11.4. The maximum Gasteiger partial charge on any atom is 0.259 e. The topological polar surface area (TPSA) is 84.7 Å². The molecule has 0 aliphatic heterocycles. The number of primary amides is 1. The summed E-state index contributed by atoms with van der Waals surface area (Å²) in [5, 5.41) is 13.7. The summed E-state index contributed by atoms with van der Waals surface area (Å²) in [7, 11) is 0. The third-order valence-corrected chi connectivity index (χ3v) is 3.50. The van der Waals surface area contributed by atoms with Gasteiger partial charge in [0.1, 0.15) is 11.6 Å². The standard InChI is InChI=1S/C19H14N4O/c20-12-15(19(21)24)11-16-13-23(17-9-5-2-6-10-17)22-18(16)14-7-3-1-4-8-14/h1-11,13H,(H2,21,24). The molecule has 2 N–H and O–H groups in total. The van der Waals surface area contributed by atoms with E-state index < -0.39 is 5.91 Å². The van der Waals surface area contributed by atoms with E-state index in [1.54, 1.807) is 10.9 Å². The van der Waals surface area contributed by atoms with Crippen LogP contribution in [-0.4, -0.2) is 15.7 Å². The van der Waals surface area contributed by atoms with Crippen LogP contribution in [0.5, 0.6) is 0 Å². The summed E-state index contributed by atoms with van der Waals surface area (Å²) in [6.07, 6.45) is 3.25. The minimum absolute atomic E-state index is 0.111. The van der Waals surface area contributed by atoms with E-state index in [0.29, 0.717) is 11.3 Å². The van der Waals surface area contributed by atoms with E-state index in [1.807, 2.05) is 66.7 Å². The molecule has 5 nitrogen and oxygen atoms in total. The van der Waals surface area contributed by atoms with Crippen molar-refractivity contribution in [2.45, 2.75) is 0 Å². The number of nitrogens with zero attached hydrogens (tertiary/aromatic N) is 3. The molecule has 0 spiro atoms. The normalized spacial score (nSPS) is 11.0. The lowest BCUT2D eigenvalue weighted by atomic mass is 10.1. The lowest BCUT2D eigenvalue weighted by molar-refractivity contribution is -0.114. The van der Waals surface area contributed by atoms with Gasteiger partial charge in [0.25, 0.3) is 5.91 Å². The Morgan fingerprint density at radius 2 is 1.71 bits per heavy atom. The van der Waals surface area contributed by atoms with Gasteiger partial charge in [0.2, 0.25) is 0 Å². The second-order valence-electron chi connectivity index (χ2n) is 5.11. The van der Waals surface area contributed by atoms with Gasteiger partial charge in [-0.3, -0.25) is 4.79 Å². The molecule has 0 atom stereocenters. The number of para-hydroxylation sites is 1. The Kier molecular flexibility index (Phi) is 4.21. The molecular weight excluding hydrogens is 300 g/mol. The molecule has 1 aromatic heterocycles. The summed E-state index contributed by atoms with van der Waals surface area (Å²) < 4.78 is 1.71. The molecule has 0 saturated carbocycles. The third kappa shape index (κ3) is 3.08. The minimum atomic E-state index is -0.760. The molecule has 2 aromatic carbocycles. The molecule has 3 rings (SSSR count). The van der Waals surface area contributed by atoms with E-state index >= 15 is 0 Å². The van der Waals surface area contributed by atoms with Gasteiger partial charge in [-0.15, -0.1) is 0 Å². The van der Waals surface area contributed by atoms with Crippen LogP contribution in [0.25, 0.3) is 23.0 Å². The van der Waals surface area contributed by atoms with E-state index in [9.17, 15) is 4.79 Å². The zero-order valence-electron chi connectivity index (χ0n) is 12.8. The Hall–Kier alpha value is -3.65. The van der Waals surface area contributed by atoms with Crippen molar-refractivity contribution in [1.82, 2.24) is 9.78 Å². The summed E-state index contributed by atoms with van der Waals surface area (Å²) >= 11 is 0. The SMILES string of the molecule is N#CC(=Cc1cn(-c2ccccc2)nc1-c1ccccc1)C(N)=O. The lowest BCUT2D eigenvalue weighted by Crippen LogP contribution is -2.12. The molecule has 0 saturated heterocycles. The Balaban J connectivity index is 2.18. The first-order chi connectivity index (χ1) is 11.7. The van der Waals surface area contributed by atoms with Gasteiger partial charge < -0.3 is 5.73 Å². The summed E-state index contributed by atoms with van der Waals surface area (Å²) in [5.41, 5.74) is 8.23. The number of nitrogens with two attached hydrogens (primary N) is 1. The number of nitriles is 1. The Bertz CT molecular complexity index is 935. The van der Waals surface area contributed by atoms with Crippen LogP contribution in [0.1, 0.15) is 5.56 Å². The molecule has 0 unspecified atom stereocenters. The first-order valence-electron chi connectivity index (χ1n) is 7.31. The number of carbonyl (C=O) groups excluding carboxylic acids is 1. The molecule has 5 heteroatoms. The molecule has 0 bridgehead atoms. The Morgan fingerprint density at radius 1 is 1.08 bits per heavy atom.